The van der Waals surface area contributed by atoms with Gasteiger partial charge in [-0.15, -0.1) is 0 Å². The standard InChI is InChI=1S/C13H14O3/c1-9(2)13(15)16-12(14)8-11-7-5-4-6-10(11)3/h4-7H,1,8H2,2-3H3. The fraction of sp³-hybridized carbons (Fsp3) is 0.231. The zero-order chi connectivity index (χ0) is 12.1. The van der Waals surface area contributed by atoms with Crippen molar-refractivity contribution in [3.05, 3.63) is 47.5 Å². The summed E-state index contributed by atoms with van der Waals surface area (Å²) in [7, 11) is 0. The van der Waals surface area contributed by atoms with Gasteiger partial charge in [0.25, 0.3) is 0 Å². The smallest absolute Gasteiger partial charge is 0.340 e. The van der Waals surface area contributed by atoms with E-state index < -0.39 is 11.9 Å². The molecule has 84 valence electrons. The molecule has 0 radical (unpaired) electrons. The normalized spacial score (nSPS) is 9.62. The van der Waals surface area contributed by atoms with E-state index in [9.17, 15) is 9.59 Å². The molecule has 3 heteroatoms. The monoisotopic (exact) mass is 218 g/mol. The Hall–Kier alpha value is -1.90. The molecule has 0 unspecified atom stereocenters. The molecule has 0 fully saturated rings. The number of rotatable bonds is 3. The summed E-state index contributed by atoms with van der Waals surface area (Å²) in [4.78, 5) is 22.5. The van der Waals surface area contributed by atoms with Gasteiger partial charge in [0.05, 0.1) is 6.42 Å². The summed E-state index contributed by atoms with van der Waals surface area (Å²) in [5, 5.41) is 0. The molecule has 0 N–H and O–H groups in total. The van der Waals surface area contributed by atoms with Crippen LogP contribution in [0.4, 0.5) is 0 Å². The third-order valence-electron chi connectivity index (χ3n) is 2.15. The van der Waals surface area contributed by atoms with Crippen molar-refractivity contribution in [1.82, 2.24) is 0 Å². The molecule has 0 saturated heterocycles. The van der Waals surface area contributed by atoms with Crippen LogP contribution in [0.5, 0.6) is 0 Å². The van der Waals surface area contributed by atoms with Gasteiger partial charge >= 0.3 is 11.9 Å². The van der Waals surface area contributed by atoms with E-state index in [0.29, 0.717) is 0 Å². The minimum absolute atomic E-state index is 0.103. The number of ether oxygens (including phenoxy) is 1. The van der Waals surface area contributed by atoms with Gasteiger partial charge < -0.3 is 4.74 Å². The molecule has 0 aromatic heterocycles. The maximum Gasteiger partial charge on any atom is 0.340 e. The van der Waals surface area contributed by atoms with Crippen LogP contribution in [0.2, 0.25) is 0 Å². The lowest BCUT2D eigenvalue weighted by Crippen LogP contribution is -2.15. The Labute approximate surface area is 94.7 Å². The number of carbonyl (C=O) groups excluding carboxylic acids is 2. The molecule has 0 amide bonds. The molecule has 0 heterocycles. The van der Waals surface area contributed by atoms with Gasteiger partial charge in [-0.3, -0.25) is 4.79 Å². The Morgan fingerprint density at radius 3 is 2.50 bits per heavy atom. The van der Waals surface area contributed by atoms with Gasteiger partial charge in [0, 0.05) is 5.57 Å². The molecule has 1 aromatic carbocycles. The largest absolute Gasteiger partial charge is 0.389 e. The molecule has 0 spiro atoms. The molecule has 0 atom stereocenters. The van der Waals surface area contributed by atoms with E-state index in [0.717, 1.165) is 11.1 Å². The molecule has 0 aliphatic rings. The maximum absolute atomic E-state index is 11.4. The van der Waals surface area contributed by atoms with E-state index in [1.165, 1.54) is 6.92 Å². The van der Waals surface area contributed by atoms with Crippen LogP contribution in [0, 0.1) is 6.92 Å². The van der Waals surface area contributed by atoms with Crippen molar-refractivity contribution < 1.29 is 14.3 Å². The lowest BCUT2D eigenvalue weighted by Gasteiger charge is -2.05. The fourth-order valence-electron chi connectivity index (χ4n) is 1.19. The number of benzene rings is 1. The minimum atomic E-state index is -0.668. The number of aryl methyl sites for hydroxylation is 1. The van der Waals surface area contributed by atoms with Gasteiger partial charge in [-0.05, 0) is 25.0 Å². The fourth-order valence-corrected chi connectivity index (χ4v) is 1.19. The zero-order valence-electron chi connectivity index (χ0n) is 9.45. The molecule has 0 saturated carbocycles. The van der Waals surface area contributed by atoms with Crippen LogP contribution < -0.4 is 0 Å². The molecule has 16 heavy (non-hydrogen) atoms. The summed E-state index contributed by atoms with van der Waals surface area (Å²) >= 11 is 0. The SMILES string of the molecule is C=C(C)C(=O)OC(=O)Cc1ccccc1C. The Morgan fingerprint density at radius 1 is 1.31 bits per heavy atom. The lowest BCUT2D eigenvalue weighted by atomic mass is 10.1. The average molecular weight is 218 g/mol. The summed E-state index contributed by atoms with van der Waals surface area (Å²) in [6.07, 6.45) is 0.103. The van der Waals surface area contributed by atoms with Crippen molar-refractivity contribution >= 4 is 11.9 Å². The predicted octanol–water partition coefficient (Wildman–Crippen LogP) is 2.18. The van der Waals surface area contributed by atoms with Gasteiger partial charge in [0.2, 0.25) is 0 Å². The Kier molecular flexibility index (Phi) is 4.00. The molecule has 0 aliphatic heterocycles. The van der Waals surface area contributed by atoms with Crippen molar-refractivity contribution in [3.8, 4) is 0 Å². The molecular weight excluding hydrogens is 204 g/mol. The first-order valence-electron chi connectivity index (χ1n) is 4.95. The topological polar surface area (TPSA) is 43.4 Å². The van der Waals surface area contributed by atoms with Crippen molar-refractivity contribution in [3.63, 3.8) is 0 Å². The number of hydrogen-bond acceptors (Lipinski definition) is 3. The van der Waals surface area contributed by atoms with E-state index in [1.807, 2.05) is 31.2 Å². The lowest BCUT2D eigenvalue weighted by molar-refractivity contribution is -0.156. The highest BCUT2D eigenvalue weighted by atomic mass is 16.6. The van der Waals surface area contributed by atoms with Gasteiger partial charge in [-0.1, -0.05) is 30.8 Å². The van der Waals surface area contributed by atoms with Crippen LogP contribution in [-0.2, 0) is 20.7 Å². The number of hydrogen-bond donors (Lipinski definition) is 0. The Bertz CT molecular complexity index is 433. The van der Waals surface area contributed by atoms with Crippen LogP contribution in [0.15, 0.2) is 36.4 Å². The molecule has 0 aliphatic carbocycles. The van der Waals surface area contributed by atoms with E-state index in [4.69, 9.17) is 0 Å². The first-order chi connectivity index (χ1) is 7.50. The third-order valence-corrected chi connectivity index (χ3v) is 2.15. The predicted molar refractivity (Wildman–Crippen MR) is 60.8 cm³/mol. The van der Waals surface area contributed by atoms with Crippen LogP contribution in [-0.4, -0.2) is 11.9 Å². The van der Waals surface area contributed by atoms with Crippen LogP contribution in [0.25, 0.3) is 0 Å². The van der Waals surface area contributed by atoms with E-state index >= 15 is 0 Å². The summed E-state index contributed by atoms with van der Waals surface area (Å²) in [5.41, 5.74) is 2.09. The third kappa shape index (κ3) is 3.35. The Balaban J connectivity index is 2.62. The zero-order valence-corrected chi connectivity index (χ0v) is 9.45. The summed E-state index contributed by atoms with van der Waals surface area (Å²) in [6.45, 7) is 6.82. The summed E-state index contributed by atoms with van der Waals surface area (Å²) < 4.78 is 4.59. The van der Waals surface area contributed by atoms with E-state index in [1.54, 1.807) is 0 Å². The second-order valence-electron chi connectivity index (χ2n) is 3.65. The van der Waals surface area contributed by atoms with Gasteiger partial charge in [0.15, 0.2) is 0 Å². The second-order valence-corrected chi connectivity index (χ2v) is 3.65. The minimum Gasteiger partial charge on any atom is -0.389 e. The number of esters is 2. The molecule has 1 rings (SSSR count). The first-order valence-corrected chi connectivity index (χ1v) is 4.95. The van der Waals surface area contributed by atoms with Crippen LogP contribution >= 0.6 is 0 Å². The quantitative estimate of drug-likeness (QED) is 0.443. The van der Waals surface area contributed by atoms with Crippen molar-refractivity contribution in [2.24, 2.45) is 0 Å². The highest BCUT2D eigenvalue weighted by Gasteiger charge is 2.12. The van der Waals surface area contributed by atoms with Gasteiger partial charge in [0.1, 0.15) is 0 Å². The van der Waals surface area contributed by atoms with E-state index in [-0.39, 0.29) is 12.0 Å². The highest BCUT2D eigenvalue weighted by molar-refractivity contribution is 5.95. The van der Waals surface area contributed by atoms with E-state index in [2.05, 4.69) is 11.3 Å². The molecule has 1 aromatic rings. The molecule has 0 bridgehead atoms. The van der Waals surface area contributed by atoms with Crippen molar-refractivity contribution in [2.75, 3.05) is 0 Å². The van der Waals surface area contributed by atoms with Gasteiger partial charge in [-0.2, -0.15) is 0 Å². The molecule has 3 nitrogen and oxygen atoms in total. The number of carbonyl (C=O) groups is 2. The van der Waals surface area contributed by atoms with Crippen molar-refractivity contribution in [1.29, 1.82) is 0 Å². The van der Waals surface area contributed by atoms with Crippen molar-refractivity contribution in [2.45, 2.75) is 20.3 Å². The maximum atomic E-state index is 11.4. The first kappa shape index (κ1) is 12.2. The second kappa shape index (κ2) is 5.26. The molecular formula is C13H14O3. The summed E-state index contributed by atoms with van der Waals surface area (Å²) in [6, 6.07) is 7.48. The van der Waals surface area contributed by atoms with Crippen LogP contribution in [0.3, 0.4) is 0 Å². The summed E-state index contributed by atoms with van der Waals surface area (Å²) in [5.74, 6) is -1.22. The van der Waals surface area contributed by atoms with Gasteiger partial charge in [-0.25, -0.2) is 4.79 Å². The highest BCUT2D eigenvalue weighted by Crippen LogP contribution is 2.08. The Morgan fingerprint density at radius 2 is 1.94 bits per heavy atom. The van der Waals surface area contributed by atoms with Crippen LogP contribution in [0.1, 0.15) is 18.1 Å². The average Bonchev–Trinajstić information content (AvgIpc) is 2.21.